The Kier molecular flexibility index (Phi) is 7.56. The molecule has 0 unspecified atom stereocenters. The fraction of sp³-hybridized carbons (Fsp3) is 0.450. The smallest absolute Gasteiger partial charge is 0.289 e. The Bertz CT molecular complexity index is 1130. The molecule has 172 valence electrons. The van der Waals surface area contributed by atoms with E-state index in [9.17, 15) is 21.6 Å². The minimum absolute atomic E-state index is 0.0847. The molecule has 0 aliphatic rings. The summed E-state index contributed by atoms with van der Waals surface area (Å²) >= 11 is 0. The van der Waals surface area contributed by atoms with Crippen LogP contribution in [0.5, 0.6) is 5.75 Å². The molecule has 11 heteroatoms. The number of sulfonamides is 1. The summed E-state index contributed by atoms with van der Waals surface area (Å²) in [7, 11) is -5.63. The van der Waals surface area contributed by atoms with E-state index in [1.165, 1.54) is 29.2 Å². The molecule has 31 heavy (non-hydrogen) atoms. The molecule has 0 aliphatic heterocycles. The maximum atomic E-state index is 12.5. The topological polar surface area (TPSA) is 123 Å². The molecule has 0 radical (unpaired) electrons. The first-order chi connectivity index (χ1) is 14.2. The van der Waals surface area contributed by atoms with E-state index in [0.29, 0.717) is 18.7 Å². The average molecular weight is 473 g/mol. The molecule has 0 saturated heterocycles. The fourth-order valence-corrected chi connectivity index (χ4v) is 4.62. The monoisotopic (exact) mass is 472 g/mol. The normalized spacial score (nSPS) is 12.5. The standard InChI is InChI=1S/C20H28N2O7S2/c1-20(2,3)21-31(26,27)18-11-10-17(29-18)19(23)22(4)12-7-13-28-15-8-6-9-16(14-15)30(5,24)25/h6,8-11,14,21H,7,12-13H2,1-5H3. The predicted molar refractivity (Wildman–Crippen MR) is 115 cm³/mol. The van der Waals surface area contributed by atoms with Gasteiger partial charge in [-0.1, -0.05) is 6.07 Å². The van der Waals surface area contributed by atoms with Gasteiger partial charge in [0.15, 0.2) is 15.6 Å². The van der Waals surface area contributed by atoms with Crippen molar-refractivity contribution in [1.82, 2.24) is 9.62 Å². The van der Waals surface area contributed by atoms with E-state index < -0.39 is 31.3 Å². The Morgan fingerprint density at radius 2 is 1.81 bits per heavy atom. The van der Waals surface area contributed by atoms with Crippen LogP contribution in [0.4, 0.5) is 0 Å². The van der Waals surface area contributed by atoms with Gasteiger partial charge in [-0.25, -0.2) is 21.6 Å². The van der Waals surface area contributed by atoms with Crippen LogP contribution < -0.4 is 9.46 Å². The van der Waals surface area contributed by atoms with Crippen molar-refractivity contribution < 1.29 is 30.8 Å². The van der Waals surface area contributed by atoms with Gasteiger partial charge in [0.1, 0.15) is 5.75 Å². The number of nitrogens with one attached hydrogen (secondary N) is 1. The molecule has 1 amide bonds. The molecular formula is C20H28N2O7S2. The first kappa shape index (κ1) is 24.9. The quantitative estimate of drug-likeness (QED) is 0.556. The molecule has 1 aromatic carbocycles. The van der Waals surface area contributed by atoms with Crippen molar-refractivity contribution in [3.05, 3.63) is 42.2 Å². The zero-order valence-electron chi connectivity index (χ0n) is 18.2. The molecule has 1 heterocycles. The highest BCUT2D eigenvalue weighted by atomic mass is 32.2. The van der Waals surface area contributed by atoms with Gasteiger partial charge in [0, 0.05) is 25.4 Å². The number of hydrogen-bond donors (Lipinski definition) is 1. The zero-order valence-corrected chi connectivity index (χ0v) is 19.8. The lowest BCUT2D eigenvalue weighted by Gasteiger charge is -2.19. The van der Waals surface area contributed by atoms with E-state index in [-0.39, 0.29) is 22.4 Å². The van der Waals surface area contributed by atoms with Gasteiger partial charge < -0.3 is 14.1 Å². The van der Waals surface area contributed by atoms with Crippen molar-refractivity contribution in [2.45, 2.75) is 42.7 Å². The predicted octanol–water partition coefficient (Wildman–Crippen LogP) is 2.30. The Morgan fingerprint density at radius 3 is 2.42 bits per heavy atom. The number of ether oxygens (including phenoxy) is 1. The van der Waals surface area contributed by atoms with Gasteiger partial charge >= 0.3 is 0 Å². The summed E-state index contributed by atoms with van der Waals surface area (Å²) in [6.45, 7) is 5.69. The summed E-state index contributed by atoms with van der Waals surface area (Å²) in [4.78, 5) is 14.1. The lowest BCUT2D eigenvalue weighted by atomic mass is 10.1. The Hall–Kier alpha value is -2.37. The third-order valence-corrected chi connectivity index (χ3v) is 6.72. The highest BCUT2D eigenvalue weighted by Gasteiger charge is 2.26. The molecule has 0 atom stereocenters. The third-order valence-electron chi connectivity index (χ3n) is 3.98. The van der Waals surface area contributed by atoms with E-state index in [2.05, 4.69) is 4.72 Å². The van der Waals surface area contributed by atoms with E-state index in [0.717, 1.165) is 6.26 Å². The number of carbonyl (C=O) groups excluding carboxylic acids is 1. The van der Waals surface area contributed by atoms with Crippen LogP contribution in [-0.4, -0.2) is 59.6 Å². The fourth-order valence-electron chi connectivity index (χ4n) is 2.61. The molecule has 0 spiro atoms. The number of carbonyl (C=O) groups is 1. The van der Waals surface area contributed by atoms with Gasteiger partial charge in [0.05, 0.1) is 11.5 Å². The van der Waals surface area contributed by atoms with Crippen LogP contribution in [0, 0.1) is 0 Å². The second kappa shape index (κ2) is 9.41. The van der Waals surface area contributed by atoms with Crippen molar-refractivity contribution in [2.75, 3.05) is 26.5 Å². The van der Waals surface area contributed by atoms with Crippen molar-refractivity contribution in [3.8, 4) is 5.75 Å². The van der Waals surface area contributed by atoms with Gasteiger partial charge in [-0.2, -0.15) is 0 Å². The van der Waals surface area contributed by atoms with Crippen LogP contribution in [0.2, 0.25) is 0 Å². The second-order valence-corrected chi connectivity index (χ2v) is 11.8. The molecule has 0 fully saturated rings. The van der Waals surface area contributed by atoms with E-state index in [1.807, 2.05) is 0 Å². The van der Waals surface area contributed by atoms with Crippen LogP contribution in [0.25, 0.3) is 0 Å². The minimum atomic E-state index is -3.87. The molecule has 0 saturated carbocycles. The number of benzene rings is 1. The third kappa shape index (κ3) is 7.37. The van der Waals surface area contributed by atoms with Crippen molar-refractivity contribution in [1.29, 1.82) is 0 Å². The van der Waals surface area contributed by atoms with Gasteiger partial charge in [-0.05, 0) is 57.5 Å². The van der Waals surface area contributed by atoms with Crippen LogP contribution >= 0.6 is 0 Å². The SMILES string of the molecule is CN(CCCOc1cccc(S(C)(=O)=O)c1)C(=O)c1ccc(S(=O)(=O)NC(C)(C)C)o1. The Morgan fingerprint density at radius 1 is 1.13 bits per heavy atom. The molecular weight excluding hydrogens is 444 g/mol. The van der Waals surface area contributed by atoms with Crippen LogP contribution in [-0.2, 0) is 19.9 Å². The van der Waals surface area contributed by atoms with E-state index in [1.54, 1.807) is 40.0 Å². The highest BCUT2D eigenvalue weighted by molar-refractivity contribution is 7.90. The van der Waals surface area contributed by atoms with Gasteiger partial charge in [-0.15, -0.1) is 0 Å². The summed E-state index contributed by atoms with van der Waals surface area (Å²) in [6, 6.07) is 8.75. The molecule has 0 bridgehead atoms. The maximum absolute atomic E-state index is 12.5. The summed E-state index contributed by atoms with van der Waals surface area (Å²) in [5, 5.41) is -0.326. The molecule has 9 nitrogen and oxygen atoms in total. The number of sulfone groups is 1. The highest BCUT2D eigenvalue weighted by Crippen LogP contribution is 2.19. The van der Waals surface area contributed by atoms with Crippen LogP contribution in [0.1, 0.15) is 37.7 Å². The van der Waals surface area contributed by atoms with E-state index >= 15 is 0 Å². The van der Waals surface area contributed by atoms with Crippen molar-refractivity contribution in [2.24, 2.45) is 0 Å². The number of amides is 1. The first-order valence-corrected chi connectivity index (χ1v) is 12.9. The zero-order chi connectivity index (χ0) is 23.4. The van der Waals surface area contributed by atoms with Gasteiger partial charge in [0.25, 0.3) is 15.9 Å². The second-order valence-electron chi connectivity index (χ2n) is 8.15. The van der Waals surface area contributed by atoms with Gasteiger partial charge in [0.2, 0.25) is 5.09 Å². The molecule has 1 aromatic heterocycles. The Balaban J connectivity index is 1.90. The molecule has 1 N–H and O–H groups in total. The molecule has 0 aliphatic carbocycles. The number of hydrogen-bond acceptors (Lipinski definition) is 7. The summed E-state index contributed by atoms with van der Waals surface area (Å²) < 4.78 is 61.1. The van der Waals surface area contributed by atoms with E-state index in [4.69, 9.17) is 9.15 Å². The number of furan rings is 1. The van der Waals surface area contributed by atoms with Gasteiger partial charge in [-0.3, -0.25) is 4.79 Å². The molecule has 2 aromatic rings. The summed E-state index contributed by atoms with van der Waals surface area (Å²) in [5.74, 6) is -0.126. The number of nitrogens with zero attached hydrogens (tertiary/aromatic N) is 1. The molecule has 2 rings (SSSR count). The van der Waals surface area contributed by atoms with Crippen molar-refractivity contribution >= 4 is 25.8 Å². The first-order valence-electron chi connectivity index (χ1n) is 9.51. The summed E-state index contributed by atoms with van der Waals surface area (Å²) in [5.41, 5.74) is -0.687. The average Bonchev–Trinajstić information content (AvgIpc) is 3.13. The lowest BCUT2D eigenvalue weighted by Crippen LogP contribution is -2.40. The van der Waals surface area contributed by atoms with Crippen LogP contribution in [0.3, 0.4) is 0 Å². The van der Waals surface area contributed by atoms with Crippen LogP contribution in [0.15, 0.2) is 50.8 Å². The largest absolute Gasteiger partial charge is 0.493 e. The number of rotatable bonds is 9. The Labute approximate surface area is 183 Å². The minimum Gasteiger partial charge on any atom is -0.493 e. The van der Waals surface area contributed by atoms with Crippen molar-refractivity contribution in [3.63, 3.8) is 0 Å². The summed E-state index contributed by atoms with van der Waals surface area (Å²) in [6.07, 6.45) is 1.60. The lowest BCUT2D eigenvalue weighted by molar-refractivity contribution is 0.0750. The maximum Gasteiger partial charge on any atom is 0.289 e.